The van der Waals surface area contributed by atoms with Crippen LogP contribution in [-0.2, 0) is 0 Å². The van der Waals surface area contributed by atoms with E-state index in [0.29, 0.717) is 21.5 Å². The summed E-state index contributed by atoms with van der Waals surface area (Å²) in [6.45, 7) is 0. The van der Waals surface area contributed by atoms with Gasteiger partial charge in [-0.3, -0.25) is 10.1 Å². The maximum atomic E-state index is 12.5. The zero-order valence-electron chi connectivity index (χ0n) is 15.9. The van der Waals surface area contributed by atoms with Gasteiger partial charge in [-0.15, -0.1) is 0 Å². The summed E-state index contributed by atoms with van der Waals surface area (Å²) in [5.41, 5.74) is 3.80. The number of anilines is 1. The number of H-pyrrole nitrogens is 1. The van der Waals surface area contributed by atoms with Crippen molar-refractivity contribution >= 4 is 55.9 Å². The average Bonchev–Trinajstić information content (AvgIpc) is 3.18. The molecule has 3 N–H and O–H groups in total. The number of ether oxygens (including phenoxy) is 1. The van der Waals surface area contributed by atoms with Crippen LogP contribution in [0.25, 0.3) is 22.4 Å². The first-order valence-electron chi connectivity index (χ1n) is 9.05. The number of carbonyl (C=O) groups excluding carboxylic acids is 1. The van der Waals surface area contributed by atoms with Gasteiger partial charge < -0.3 is 15.0 Å². The molecule has 0 spiro atoms. The fourth-order valence-corrected chi connectivity index (χ4v) is 3.68. The highest BCUT2D eigenvalue weighted by atomic mass is 79.9. The molecule has 0 aliphatic rings. The van der Waals surface area contributed by atoms with Gasteiger partial charge in [-0.05, 0) is 70.6 Å². The second kappa shape index (κ2) is 8.64. The molecule has 0 bridgehead atoms. The van der Waals surface area contributed by atoms with Crippen molar-refractivity contribution < 1.29 is 9.53 Å². The fourth-order valence-electron chi connectivity index (χ4n) is 3.01. The Hall–Kier alpha value is -3.23. The van der Waals surface area contributed by atoms with E-state index in [1.807, 2.05) is 48.5 Å². The van der Waals surface area contributed by atoms with Crippen LogP contribution in [0.3, 0.4) is 0 Å². The van der Waals surface area contributed by atoms with Crippen LogP contribution in [0.1, 0.15) is 10.4 Å². The number of halogens is 1. The molecule has 4 aromatic rings. The molecule has 0 radical (unpaired) electrons. The van der Waals surface area contributed by atoms with Gasteiger partial charge in [0.2, 0.25) is 0 Å². The Morgan fingerprint density at radius 3 is 2.63 bits per heavy atom. The summed E-state index contributed by atoms with van der Waals surface area (Å²) in [6.07, 6.45) is 0. The molecule has 8 heteroatoms. The number of hydrogen-bond acceptors (Lipinski definition) is 4. The minimum Gasteiger partial charge on any atom is -0.495 e. The summed E-state index contributed by atoms with van der Waals surface area (Å²) >= 11 is 8.71. The number of hydrogen-bond donors (Lipinski definition) is 3. The van der Waals surface area contributed by atoms with Crippen molar-refractivity contribution in [3.05, 3.63) is 76.8 Å². The van der Waals surface area contributed by atoms with Gasteiger partial charge in [0, 0.05) is 10.0 Å². The number of para-hydroxylation sites is 2. The highest BCUT2D eigenvalue weighted by Gasteiger charge is 2.14. The van der Waals surface area contributed by atoms with Crippen molar-refractivity contribution in [3.63, 3.8) is 0 Å². The van der Waals surface area contributed by atoms with E-state index in [-0.39, 0.29) is 11.0 Å². The average molecular weight is 481 g/mol. The minimum atomic E-state index is -0.313. The summed E-state index contributed by atoms with van der Waals surface area (Å²) in [4.78, 5) is 20.4. The van der Waals surface area contributed by atoms with Crippen molar-refractivity contribution in [1.29, 1.82) is 0 Å². The molecule has 3 aromatic carbocycles. The van der Waals surface area contributed by atoms with E-state index in [0.717, 1.165) is 22.4 Å². The Kier molecular flexibility index (Phi) is 5.78. The Morgan fingerprint density at radius 1 is 1.10 bits per heavy atom. The summed E-state index contributed by atoms with van der Waals surface area (Å²) < 4.78 is 6.12. The number of benzene rings is 3. The molecule has 0 saturated heterocycles. The number of fused-ring (bicyclic) bond motifs is 1. The molecular weight excluding hydrogens is 464 g/mol. The zero-order valence-corrected chi connectivity index (χ0v) is 18.3. The summed E-state index contributed by atoms with van der Waals surface area (Å²) in [7, 11) is 1.57. The Balaban J connectivity index is 1.57. The number of imidazole rings is 1. The Labute approximate surface area is 186 Å². The van der Waals surface area contributed by atoms with Crippen molar-refractivity contribution in [2.24, 2.45) is 0 Å². The van der Waals surface area contributed by atoms with Crippen LogP contribution in [0, 0.1) is 0 Å². The lowest BCUT2D eigenvalue weighted by atomic mass is 10.1. The van der Waals surface area contributed by atoms with Gasteiger partial charge in [-0.25, -0.2) is 4.98 Å². The largest absolute Gasteiger partial charge is 0.495 e. The van der Waals surface area contributed by atoms with Crippen LogP contribution in [0.2, 0.25) is 0 Å². The lowest BCUT2D eigenvalue weighted by molar-refractivity contribution is 0.0977. The molecule has 0 atom stereocenters. The van der Waals surface area contributed by atoms with Gasteiger partial charge in [0.1, 0.15) is 11.6 Å². The quantitative estimate of drug-likeness (QED) is 0.353. The third-order valence-electron chi connectivity index (χ3n) is 4.46. The molecule has 0 aliphatic carbocycles. The second-order valence-corrected chi connectivity index (χ2v) is 7.67. The molecule has 1 amide bonds. The van der Waals surface area contributed by atoms with E-state index < -0.39 is 0 Å². The molecule has 4 rings (SSSR count). The molecule has 30 heavy (non-hydrogen) atoms. The maximum absolute atomic E-state index is 12.5. The highest BCUT2D eigenvalue weighted by Crippen LogP contribution is 2.30. The van der Waals surface area contributed by atoms with Crippen LogP contribution in [0.5, 0.6) is 5.75 Å². The Morgan fingerprint density at radius 2 is 1.87 bits per heavy atom. The lowest BCUT2D eigenvalue weighted by Gasteiger charge is -2.14. The van der Waals surface area contributed by atoms with Crippen LogP contribution in [-0.4, -0.2) is 28.1 Å². The van der Waals surface area contributed by atoms with E-state index in [4.69, 9.17) is 17.0 Å². The smallest absolute Gasteiger partial charge is 0.258 e. The first-order chi connectivity index (χ1) is 14.5. The summed E-state index contributed by atoms with van der Waals surface area (Å²) in [6, 6.07) is 20.6. The van der Waals surface area contributed by atoms with Gasteiger partial charge in [0.05, 0.1) is 29.4 Å². The van der Waals surface area contributed by atoms with Gasteiger partial charge in [0.15, 0.2) is 5.11 Å². The predicted molar refractivity (Wildman–Crippen MR) is 126 cm³/mol. The van der Waals surface area contributed by atoms with Crippen molar-refractivity contribution in [2.45, 2.75) is 0 Å². The van der Waals surface area contributed by atoms with Crippen LogP contribution in [0.15, 0.2) is 71.2 Å². The van der Waals surface area contributed by atoms with Crippen molar-refractivity contribution in [2.75, 3.05) is 12.4 Å². The number of rotatable bonds is 4. The van der Waals surface area contributed by atoms with E-state index in [1.165, 1.54) is 0 Å². The summed E-state index contributed by atoms with van der Waals surface area (Å²) in [5, 5.41) is 5.90. The van der Waals surface area contributed by atoms with Gasteiger partial charge >= 0.3 is 0 Å². The van der Waals surface area contributed by atoms with Crippen molar-refractivity contribution in [1.82, 2.24) is 15.3 Å². The summed E-state index contributed by atoms with van der Waals surface area (Å²) in [5.74, 6) is 1.00. The third kappa shape index (κ3) is 4.19. The molecule has 0 fully saturated rings. The van der Waals surface area contributed by atoms with Crippen LogP contribution < -0.4 is 15.4 Å². The van der Waals surface area contributed by atoms with E-state index >= 15 is 0 Å². The van der Waals surface area contributed by atoms with E-state index in [9.17, 15) is 4.79 Å². The van der Waals surface area contributed by atoms with Crippen molar-refractivity contribution in [3.8, 4) is 17.1 Å². The number of aromatic nitrogens is 2. The minimum absolute atomic E-state index is 0.163. The first-order valence-corrected chi connectivity index (χ1v) is 10.3. The second-order valence-electron chi connectivity index (χ2n) is 6.41. The molecule has 0 saturated carbocycles. The molecule has 1 heterocycles. The normalized spacial score (nSPS) is 10.6. The number of thiocarbonyl (C=S) groups is 1. The maximum Gasteiger partial charge on any atom is 0.258 e. The zero-order chi connectivity index (χ0) is 21.1. The van der Waals surface area contributed by atoms with Crippen LogP contribution >= 0.6 is 28.1 Å². The molecular formula is C22H17BrN4O2S. The van der Waals surface area contributed by atoms with E-state index in [1.54, 1.807) is 25.3 Å². The highest BCUT2D eigenvalue weighted by molar-refractivity contribution is 9.10. The molecule has 0 aliphatic heterocycles. The Bertz CT molecular complexity index is 1220. The molecule has 150 valence electrons. The topological polar surface area (TPSA) is 79.0 Å². The molecule has 0 unspecified atom stereocenters. The number of nitrogens with zero attached hydrogens (tertiary/aromatic N) is 1. The van der Waals surface area contributed by atoms with Crippen LogP contribution in [0.4, 0.5) is 5.69 Å². The first kappa shape index (κ1) is 20.1. The van der Waals surface area contributed by atoms with Gasteiger partial charge in [-0.2, -0.15) is 0 Å². The number of amides is 1. The molecule has 6 nitrogen and oxygen atoms in total. The van der Waals surface area contributed by atoms with Gasteiger partial charge in [0.25, 0.3) is 5.91 Å². The standard InChI is InChI=1S/C22H17BrN4O2S/c1-29-19-11-10-13(20-24-16-8-4-5-9-17(16)25-20)12-18(19)26-22(30)27-21(28)14-6-2-3-7-15(14)23/h2-12H,1H3,(H,24,25)(H2,26,27,28,30). The number of aromatic amines is 1. The lowest BCUT2D eigenvalue weighted by Crippen LogP contribution is -2.34. The number of nitrogens with one attached hydrogen (secondary N) is 3. The molecule has 1 aromatic heterocycles. The SMILES string of the molecule is COc1ccc(-c2nc3ccccc3[nH]2)cc1NC(=S)NC(=O)c1ccccc1Br. The number of carbonyl (C=O) groups is 1. The third-order valence-corrected chi connectivity index (χ3v) is 5.35. The fraction of sp³-hybridized carbons (Fsp3) is 0.0455. The monoisotopic (exact) mass is 480 g/mol. The number of methoxy groups -OCH3 is 1. The van der Waals surface area contributed by atoms with E-state index in [2.05, 4.69) is 36.5 Å². The van der Waals surface area contributed by atoms with Gasteiger partial charge in [-0.1, -0.05) is 24.3 Å². The predicted octanol–water partition coefficient (Wildman–Crippen LogP) is 5.13.